The van der Waals surface area contributed by atoms with E-state index in [4.69, 9.17) is 22.7 Å². The molecule has 3 N–H and O–H groups in total. The van der Waals surface area contributed by atoms with Crippen LogP contribution in [0.5, 0.6) is 0 Å². The second-order valence-corrected chi connectivity index (χ2v) is 2.81. The smallest absolute Gasteiger partial charge is 0.128 e. The van der Waals surface area contributed by atoms with Crippen molar-refractivity contribution in [2.45, 2.75) is 6.42 Å². The highest BCUT2D eigenvalue weighted by Gasteiger charge is 2.06. The molecule has 1 aromatic rings. The van der Waals surface area contributed by atoms with Gasteiger partial charge in [-0.25, -0.2) is 4.39 Å². The zero-order valence-electron chi connectivity index (χ0n) is 6.68. The lowest BCUT2D eigenvalue weighted by atomic mass is 10.1. The molecule has 1 rings (SSSR count). The molecule has 72 valence electrons. The predicted octanol–water partition coefficient (Wildman–Crippen LogP) is 2.38. The Morgan fingerprint density at radius 3 is 2.62 bits per heavy atom. The molecule has 0 radical (unpaired) electrons. The van der Waals surface area contributed by atoms with Gasteiger partial charge in [0.05, 0.1) is 5.84 Å². The fourth-order valence-corrected chi connectivity index (χ4v) is 1.12. The van der Waals surface area contributed by atoms with Gasteiger partial charge in [-0.1, -0.05) is 17.7 Å². The van der Waals surface area contributed by atoms with Crippen LogP contribution in [0.1, 0.15) is 5.56 Å². The lowest BCUT2D eigenvalue weighted by molar-refractivity contribution is 0.616. The van der Waals surface area contributed by atoms with Gasteiger partial charge in [0, 0.05) is 17.0 Å². The van der Waals surface area contributed by atoms with E-state index in [2.05, 4.69) is 0 Å². The van der Waals surface area contributed by atoms with Crippen molar-refractivity contribution in [3.8, 4) is 0 Å². The van der Waals surface area contributed by atoms with Crippen LogP contribution in [0.25, 0.3) is 0 Å². The second kappa shape index (κ2) is 5.04. The third-order valence-electron chi connectivity index (χ3n) is 1.43. The first kappa shape index (κ1) is 12.2. The molecule has 0 aliphatic rings. The number of rotatable bonds is 2. The van der Waals surface area contributed by atoms with E-state index >= 15 is 0 Å². The molecular weight excluding hydrogens is 214 g/mol. The number of amidine groups is 1. The molecule has 5 heteroatoms. The van der Waals surface area contributed by atoms with Gasteiger partial charge in [0.2, 0.25) is 0 Å². The van der Waals surface area contributed by atoms with Crippen LogP contribution >= 0.6 is 24.0 Å². The molecule has 0 heterocycles. The molecule has 0 saturated carbocycles. The van der Waals surface area contributed by atoms with Gasteiger partial charge < -0.3 is 5.73 Å². The normalized spacial score (nSPS) is 9.08. The van der Waals surface area contributed by atoms with Crippen molar-refractivity contribution in [2.24, 2.45) is 5.73 Å². The van der Waals surface area contributed by atoms with Crippen molar-refractivity contribution >= 4 is 29.8 Å². The van der Waals surface area contributed by atoms with Crippen LogP contribution < -0.4 is 5.73 Å². The van der Waals surface area contributed by atoms with Crippen molar-refractivity contribution in [1.29, 1.82) is 5.41 Å². The lowest BCUT2D eigenvalue weighted by Crippen LogP contribution is -2.13. The molecule has 1 aromatic carbocycles. The molecule has 0 bridgehead atoms. The first-order valence-electron chi connectivity index (χ1n) is 3.37. The monoisotopic (exact) mass is 222 g/mol. The molecule has 0 atom stereocenters. The highest BCUT2D eigenvalue weighted by atomic mass is 35.5. The number of halogens is 3. The minimum absolute atomic E-state index is 0. The van der Waals surface area contributed by atoms with Crippen LogP contribution in [0, 0.1) is 11.2 Å². The van der Waals surface area contributed by atoms with Crippen LogP contribution in [0.15, 0.2) is 18.2 Å². The molecule has 0 aromatic heterocycles. The summed E-state index contributed by atoms with van der Waals surface area (Å²) in [5, 5.41) is 7.29. The van der Waals surface area contributed by atoms with E-state index in [-0.39, 0.29) is 30.2 Å². The summed E-state index contributed by atoms with van der Waals surface area (Å²) in [6, 6.07) is 4.38. The first-order chi connectivity index (χ1) is 5.61. The van der Waals surface area contributed by atoms with Crippen LogP contribution in [-0.2, 0) is 6.42 Å². The number of benzene rings is 1. The summed E-state index contributed by atoms with van der Waals surface area (Å²) in [7, 11) is 0. The fraction of sp³-hybridized carbons (Fsp3) is 0.125. The maximum absolute atomic E-state index is 13.0. The summed E-state index contributed by atoms with van der Waals surface area (Å²) in [6.45, 7) is 0. The van der Waals surface area contributed by atoms with Gasteiger partial charge in [-0.3, -0.25) is 5.41 Å². The van der Waals surface area contributed by atoms with Gasteiger partial charge in [0.15, 0.2) is 0 Å². The highest BCUT2D eigenvalue weighted by molar-refractivity contribution is 6.31. The van der Waals surface area contributed by atoms with Crippen molar-refractivity contribution in [2.75, 3.05) is 0 Å². The molecule has 0 aliphatic carbocycles. The van der Waals surface area contributed by atoms with Crippen LogP contribution in [-0.4, -0.2) is 5.84 Å². The molecule has 0 spiro atoms. The summed E-state index contributed by atoms with van der Waals surface area (Å²) in [6.07, 6.45) is 0.0610. The molecular formula is C8H9Cl2FN2. The van der Waals surface area contributed by atoms with Gasteiger partial charge in [-0.05, 0) is 12.1 Å². The van der Waals surface area contributed by atoms with Gasteiger partial charge in [0.1, 0.15) is 5.82 Å². The summed E-state index contributed by atoms with van der Waals surface area (Å²) in [5.74, 6) is -0.514. The Balaban J connectivity index is 0.00000144. The summed E-state index contributed by atoms with van der Waals surface area (Å²) >= 11 is 5.68. The molecule has 13 heavy (non-hydrogen) atoms. The van der Waals surface area contributed by atoms with Crippen LogP contribution in [0.2, 0.25) is 5.02 Å². The molecule has 0 unspecified atom stereocenters. The van der Waals surface area contributed by atoms with E-state index in [0.717, 1.165) is 0 Å². The Morgan fingerprint density at radius 1 is 1.54 bits per heavy atom. The summed E-state index contributed by atoms with van der Waals surface area (Å²) < 4.78 is 13.0. The standard InChI is InChI=1S/C8H8ClFN2.ClH/c9-6-2-1-3-7(10)5(6)4-8(11)12;/h1-3H,4H2,(H3,11,12);1H. The van der Waals surface area contributed by atoms with E-state index < -0.39 is 5.82 Å². The Bertz CT molecular complexity index is 295. The second-order valence-electron chi connectivity index (χ2n) is 2.40. The minimum atomic E-state index is -0.419. The van der Waals surface area contributed by atoms with E-state index in [1.165, 1.54) is 12.1 Å². The number of nitrogens with two attached hydrogens (primary N) is 1. The molecule has 2 nitrogen and oxygen atoms in total. The zero-order valence-corrected chi connectivity index (χ0v) is 8.25. The first-order valence-corrected chi connectivity index (χ1v) is 3.75. The fourth-order valence-electron chi connectivity index (χ4n) is 0.892. The predicted molar refractivity (Wildman–Crippen MR) is 54.3 cm³/mol. The minimum Gasteiger partial charge on any atom is -0.387 e. The maximum Gasteiger partial charge on any atom is 0.128 e. The molecule has 0 saturated heterocycles. The Morgan fingerprint density at radius 2 is 2.15 bits per heavy atom. The average Bonchev–Trinajstić information content (AvgIpc) is 1.97. The lowest BCUT2D eigenvalue weighted by Gasteiger charge is -2.03. The van der Waals surface area contributed by atoms with Gasteiger partial charge in [-0.2, -0.15) is 0 Å². The van der Waals surface area contributed by atoms with E-state index in [1.807, 2.05) is 0 Å². The Kier molecular flexibility index (Phi) is 4.73. The quantitative estimate of drug-likeness (QED) is 0.586. The third-order valence-corrected chi connectivity index (χ3v) is 1.78. The van der Waals surface area contributed by atoms with Gasteiger partial charge in [-0.15, -0.1) is 12.4 Å². The number of nitrogens with one attached hydrogen (secondary N) is 1. The SMILES string of the molecule is Cl.N=C(N)Cc1c(F)cccc1Cl. The van der Waals surface area contributed by atoms with Crippen molar-refractivity contribution in [1.82, 2.24) is 0 Å². The average molecular weight is 223 g/mol. The maximum atomic E-state index is 13.0. The largest absolute Gasteiger partial charge is 0.387 e. The molecule has 0 amide bonds. The molecule has 0 fully saturated rings. The van der Waals surface area contributed by atoms with Gasteiger partial charge in [0.25, 0.3) is 0 Å². The number of hydrogen-bond acceptors (Lipinski definition) is 1. The third kappa shape index (κ3) is 3.20. The Labute approximate surface area is 86.8 Å². The summed E-state index contributed by atoms with van der Waals surface area (Å²) in [4.78, 5) is 0. The molecule has 0 aliphatic heterocycles. The van der Waals surface area contributed by atoms with Crippen LogP contribution in [0.4, 0.5) is 4.39 Å². The topological polar surface area (TPSA) is 49.9 Å². The zero-order chi connectivity index (χ0) is 9.14. The van der Waals surface area contributed by atoms with E-state index in [0.29, 0.717) is 5.02 Å². The highest BCUT2D eigenvalue weighted by Crippen LogP contribution is 2.18. The number of hydrogen-bond donors (Lipinski definition) is 2. The van der Waals surface area contributed by atoms with Gasteiger partial charge >= 0.3 is 0 Å². The van der Waals surface area contributed by atoms with Crippen molar-refractivity contribution in [3.63, 3.8) is 0 Å². The van der Waals surface area contributed by atoms with Crippen LogP contribution in [0.3, 0.4) is 0 Å². The Hall–Kier alpha value is -0.800. The van der Waals surface area contributed by atoms with Crippen molar-refractivity contribution in [3.05, 3.63) is 34.6 Å². The van der Waals surface area contributed by atoms with E-state index in [1.54, 1.807) is 6.07 Å². The van der Waals surface area contributed by atoms with Crippen molar-refractivity contribution < 1.29 is 4.39 Å². The van der Waals surface area contributed by atoms with E-state index in [9.17, 15) is 4.39 Å². The summed E-state index contributed by atoms with van der Waals surface area (Å²) in [5.41, 5.74) is 5.40.